The van der Waals surface area contributed by atoms with Crippen LogP contribution >= 0.6 is 11.8 Å². The van der Waals surface area contributed by atoms with Crippen LogP contribution in [0.25, 0.3) is 0 Å². The number of rotatable bonds is 7. The molecule has 0 aliphatic rings. The normalized spacial score (nSPS) is 10.2. The van der Waals surface area contributed by atoms with E-state index in [4.69, 9.17) is 19.9 Å². The maximum Gasteiger partial charge on any atom is 0.203 e. The van der Waals surface area contributed by atoms with Crippen LogP contribution in [0.2, 0.25) is 0 Å². The van der Waals surface area contributed by atoms with Crippen molar-refractivity contribution in [2.75, 3.05) is 32.3 Å². The van der Waals surface area contributed by atoms with Crippen LogP contribution < -0.4 is 19.9 Å². The monoisotopic (exact) mass is 305 g/mol. The van der Waals surface area contributed by atoms with Crippen molar-refractivity contribution in [2.45, 2.75) is 4.90 Å². The molecule has 0 spiro atoms. The summed E-state index contributed by atoms with van der Waals surface area (Å²) in [6.07, 6.45) is 0. The topological polar surface area (TPSA) is 53.7 Å². The van der Waals surface area contributed by atoms with E-state index in [2.05, 4.69) is 0 Å². The minimum Gasteiger partial charge on any atom is -0.493 e. The smallest absolute Gasteiger partial charge is 0.203 e. The second kappa shape index (κ2) is 7.69. The summed E-state index contributed by atoms with van der Waals surface area (Å²) in [4.78, 5) is 1.17. The van der Waals surface area contributed by atoms with Crippen molar-refractivity contribution in [3.05, 3.63) is 42.5 Å². The van der Waals surface area contributed by atoms with Gasteiger partial charge >= 0.3 is 0 Å². The molecule has 21 heavy (non-hydrogen) atoms. The van der Waals surface area contributed by atoms with Gasteiger partial charge in [0.25, 0.3) is 0 Å². The first-order valence-electron chi connectivity index (χ1n) is 6.56. The zero-order valence-corrected chi connectivity index (χ0v) is 13.0. The Balaban J connectivity index is 1.87. The lowest BCUT2D eigenvalue weighted by Crippen LogP contribution is -2.02. The molecule has 4 nitrogen and oxygen atoms in total. The van der Waals surface area contributed by atoms with Gasteiger partial charge < -0.3 is 19.9 Å². The number of methoxy groups -OCH3 is 2. The Morgan fingerprint density at radius 1 is 0.952 bits per heavy atom. The molecule has 0 aliphatic heterocycles. The van der Waals surface area contributed by atoms with Gasteiger partial charge in [-0.3, -0.25) is 0 Å². The van der Waals surface area contributed by atoms with E-state index in [1.807, 2.05) is 42.5 Å². The Kier molecular flexibility index (Phi) is 5.63. The van der Waals surface area contributed by atoms with Crippen LogP contribution in [0.5, 0.6) is 17.2 Å². The van der Waals surface area contributed by atoms with E-state index >= 15 is 0 Å². The van der Waals surface area contributed by atoms with Gasteiger partial charge in [-0.25, -0.2) is 0 Å². The van der Waals surface area contributed by atoms with Gasteiger partial charge in [-0.2, -0.15) is 0 Å². The minimum atomic E-state index is 0.582. The molecule has 2 aromatic rings. The van der Waals surface area contributed by atoms with E-state index in [1.165, 1.54) is 4.90 Å². The van der Waals surface area contributed by atoms with Crippen LogP contribution in [-0.2, 0) is 0 Å². The number of ether oxygens (including phenoxy) is 3. The molecule has 0 fully saturated rings. The lowest BCUT2D eigenvalue weighted by Gasteiger charge is -2.13. The summed E-state index contributed by atoms with van der Waals surface area (Å²) in [5.41, 5.74) is 6.43. The van der Waals surface area contributed by atoms with Crippen LogP contribution in [0, 0.1) is 0 Å². The zero-order valence-electron chi connectivity index (χ0n) is 12.2. The van der Waals surface area contributed by atoms with Crippen LogP contribution in [0.3, 0.4) is 0 Å². The van der Waals surface area contributed by atoms with Gasteiger partial charge in [-0.05, 0) is 36.4 Å². The first kappa shape index (κ1) is 15.4. The number of nitrogens with two attached hydrogens (primary N) is 1. The summed E-state index contributed by atoms with van der Waals surface area (Å²) in [6.45, 7) is 0.582. The van der Waals surface area contributed by atoms with Crippen molar-refractivity contribution in [2.24, 2.45) is 0 Å². The van der Waals surface area contributed by atoms with Gasteiger partial charge in [0.2, 0.25) is 5.75 Å². The van der Waals surface area contributed by atoms with Crippen molar-refractivity contribution in [3.8, 4) is 17.2 Å². The zero-order chi connectivity index (χ0) is 15.1. The first-order valence-corrected chi connectivity index (χ1v) is 7.55. The summed E-state index contributed by atoms with van der Waals surface area (Å²) >= 11 is 1.72. The highest BCUT2D eigenvalue weighted by molar-refractivity contribution is 7.99. The van der Waals surface area contributed by atoms with E-state index in [0.29, 0.717) is 23.9 Å². The number of hydrogen-bond donors (Lipinski definition) is 1. The van der Waals surface area contributed by atoms with Crippen LogP contribution in [0.15, 0.2) is 47.4 Å². The summed E-state index contributed by atoms with van der Waals surface area (Å²) < 4.78 is 16.3. The second-order valence-corrected chi connectivity index (χ2v) is 5.43. The van der Waals surface area contributed by atoms with Gasteiger partial charge in [0.15, 0.2) is 11.5 Å². The highest BCUT2D eigenvalue weighted by Crippen LogP contribution is 2.36. The molecule has 0 bridgehead atoms. The average Bonchev–Trinajstić information content (AvgIpc) is 2.52. The molecule has 112 valence electrons. The van der Waals surface area contributed by atoms with E-state index in [9.17, 15) is 0 Å². The van der Waals surface area contributed by atoms with Crippen molar-refractivity contribution in [1.29, 1.82) is 0 Å². The van der Waals surface area contributed by atoms with Gasteiger partial charge in [-0.1, -0.05) is 6.07 Å². The molecular formula is C16H19NO3S. The summed E-state index contributed by atoms with van der Waals surface area (Å²) in [5, 5.41) is 0. The van der Waals surface area contributed by atoms with Crippen LogP contribution in [0.1, 0.15) is 0 Å². The van der Waals surface area contributed by atoms with Crippen molar-refractivity contribution in [3.63, 3.8) is 0 Å². The Hall–Kier alpha value is -2.01. The van der Waals surface area contributed by atoms with Crippen molar-refractivity contribution in [1.82, 2.24) is 0 Å². The lowest BCUT2D eigenvalue weighted by atomic mass is 10.3. The molecule has 0 aromatic heterocycles. The molecule has 2 N–H and O–H groups in total. The number of hydrogen-bond acceptors (Lipinski definition) is 5. The number of para-hydroxylation sites is 1. The molecule has 0 atom stereocenters. The molecule has 0 saturated carbocycles. The summed E-state index contributed by atoms with van der Waals surface area (Å²) in [6, 6.07) is 13.4. The third-order valence-electron chi connectivity index (χ3n) is 2.86. The predicted molar refractivity (Wildman–Crippen MR) is 86.6 cm³/mol. The Labute approximate surface area is 129 Å². The molecule has 2 aromatic carbocycles. The van der Waals surface area contributed by atoms with Crippen LogP contribution in [-0.4, -0.2) is 26.6 Å². The fraction of sp³-hybridized carbons (Fsp3) is 0.250. The molecule has 2 rings (SSSR count). The third-order valence-corrected chi connectivity index (χ3v) is 3.83. The van der Waals surface area contributed by atoms with Crippen molar-refractivity contribution >= 4 is 17.4 Å². The van der Waals surface area contributed by atoms with E-state index in [0.717, 1.165) is 11.4 Å². The highest BCUT2D eigenvalue weighted by atomic mass is 32.2. The fourth-order valence-electron chi connectivity index (χ4n) is 1.85. The maximum absolute atomic E-state index is 5.77. The first-order chi connectivity index (χ1) is 10.2. The SMILES string of the molecule is COc1cccc(OCCSc2ccc(N)cc2)c1OC. The molecule has 0 aliphatic carbocycles. The Bertz CT molecular complexity index is 572. The van der Waals surface area contributed by atoms with E-state index in [-0.39, 0.29) is 0 Å². The molecular weight excluding hydrogens is 286 g/mol. The maximum atomic E-state index is 5.77. The van der Waals surface area contributed by atoms with E-state index in [1.54, 1.807) is 26.0 Å². The second-order valence-electron chi connectivity index (χ2n) is 4.26. The number of anilines is 1. The fourth-order valence-corrected chi connectivity index (χ4v) is 2.58. The molecule has 5 heteroatoms. The molecule has 0 radical (unpaired) electrons. The third kappa shape index (κ3) is 4.23. The molecule has 0 saturated heterocycles. The predicted octanol–water partition coefficient (Wildman–Crippen LogP) is 3.46. The highest BCUT2D eigenvalue weighted by Gasteiger charge is 2.10. The largest absolute Gasteiger partial charge is 0.493 e. The lowest BCUT2D eigenvalue weighted by molar-refractivity contribution is 0.298. The summed E-state index contributed by atoms with van der Waals surface area (Å²) in [7, 11) is 3.21. The number of thioether (sulfide) groups is 1. The number of nitrogen functional groups attached to an aromatic ring is 1. The van der Waals surface area contributed by atoms with Gasteiger partial charge in [0.05, 0.1) is 20.8 Å². The Morgan fingerprint density at radius 2 is 1.67 bits per heavy atom. The van der Waals surface area contributed by atoms with Crippen LogP contribution in [0.4, 0.5) is 5.69 Å². The van der Waals surface area contributed by atoms with Gasteiger partial charge in [0, 0.05) is 16.3 Å². The van der Waals surface area contributed by atoms with Gasteiger partial charge in [0.1, 0.15) is 0 Å². The Morgan fingerprint density at radius 3 is 2.33 bits per heavy atom. The van der Waals surface area contributed by atoms with Gasteiger partial charge in [-0.15, -0.1) is 11.8 Å². The molecule has 0 unspecified atom stereocenters. The minimum absolute atomic E-state index is 0.582. The van der Waals surface area contributed by atoms with Crippen molar-refractivity contribution < 1.29 is 14.2 Å². The number of benzene rings is 2. The standard InChI is InChI=1S/C16H19NO3S/c1-18-14-4-3-5-15(16(14)19-2)20-10-11-21-13-8-6-12(17)7-9-13/h3-9H,10-11,17H2,1-2H3. The molecule has 0 heterocycles. The van der Waals surface area contributed by atoms with E-state index < -0.39 is 0 Å². The average molecular weight is 305 g/mol. The quantitative estimate of drug-likeness (QED) is 0.482. The molecule has 0 amide bonds. The summed E-state index contributed by atoms with van der Waals surface area (Å²) in [5.74, 6) is 2.82.